The zero-order chi connectivity index (χ0) is 16.6. The third-order valence-corrected chi connectivity index (χ3v) is 5.49. The van der Waals surface area contributed by atoms with E-state index in [9.17, 15) is 4.79 Å². The van der Waals surface area contributed by atoms with Crippen LogP contribution in [0, 0.1) is 0 Å². The van der Waals surface area contributed by atoms with Gasteiger partial charge in [0.15, 0.2) is 0 Å². The number of nitrogens with one attached hydrogen (secondary N) is 2. The molecule has 1 atom stereocenters. The lowest BCUT2D eigenvalue weighted by Gasteiger charge is -2.26. The first-order valence-electron chi connectivity index (χ1n) is 8.85. The lowest BCUT2D eigenvalue weighted by molar-refractivity contribution is 0.112. The monoisotopic (exact) mass is 349 g/mol. The molecule has 2 amide bonds. The second kappa shape index (κ2) is 9.30. The third-order valence-electron chi connectivity index (χ3n) is 4.55. The fourth-order valence-electron chi connectivity index (χ4n) is 3.05. The SMILES string of the molecule is O=C(NC[C@@H]1CCCO1)Nc1ccc(CCN2CCSCC2)cc1. The van der Waals surface area contributed by atoms with E-state index in [1.54, 1.807) is 0 Å². The topological polar surface area (TPSA) is 53.6 Å². The number of ether oxygens (including phenoxy) is 1. The number of carbonyl (C=O) groups is 1. The van der Waals surface area contributed by atoms with Gasteiger partial charge in [0.25, 0.3) is 0 Å². The number of amides is 2. The van der Waals surface area contributed by atoms with Gasteiger partial charge in [0.2, 0.25) is 0 Å². The summed E-state index contributed by atoms with van der Waals surface area (Å²) < 4.78 is 5.50. The molecule has 132 valence electrons. The van der Waals surface area contributed by atoms with Crippen molar-refractivity contribution in [3.63, 3.8) is 0 Å². The van der Waals surface area contributed by atoms with Crippen molar-refractivity contribution in [2.45, 2.75) is 25.4 Å². The normalized spacial score (nSPS) is 21.6. The van der Waals surface area contributed by atoms with Crippen LogP contribution in [0.15, 0.2) is 24.3 Å². The van der Waals surface area contributed by atoms with Gasteiger partial charge in [-0.15, -0.1) is 0 Å². The Hall–Kier alpha value is -1.24. The molecule has 2 aliphatic rings. The predicted molar refractivity (Wildman–Crippen MR) is 99.9 cm³/mol. The predicted octanol–water partition coefficient (Wildman–Crippen LogP) is 2.58. The second-order valence-electron chi connectivity index (χ2n) is 6.37. The molecule has 0 radical (unpaired) electrons. The Bertz CT molecular complexity index is 512. The quantitative estimate of drug-likeness (QED) is 0.829. The molecule has 2 saturated heterocycles. The molecule has 0 saturated carbocycles. The summed E-state index contributed by atoms with van der Waals surface area (Å²) in [5.74, 6) is 2.51. The highest BCUT2D eigenvalue weighted by Crippen LogP contribution is 2.13. The van der Waals surface area contributed by atoms with Crippen molar-refractivity contribution in [1.82, 2.24) is 10.2 Å². The van der Waals surface area contributed by atoms with Gasteiger partial charge < -0.3 is 20.3 Å². The Kier molecular flexibility index (Phi) is 6.81. The number of urea groups is 1. The molecular formula is C18H27N3O2S. The lowest BCUT2D eigenvalue weighted by Crippen LogP contribution is -2.35. The number of thioether (sulfide) groups is 1. The Labute approximate surface area is 148 Å². The maximum absolute atomic E-state index is 11.9. The van der Waals surface area contributed by atoms with Crippen LogP contribution in [0.1, 0.15) is 18.4 Å². The van der Waals surface area contributed by atoms with E-state index in [0.717, 1.165) is 38.1 Å². The molecule has 2 heterocycles. The van der Waals surface area contributed by atoms with E-state index in [0.29, 0.717) is 6.54 Å². The average Bonchev–Trinajstić information content (AvgIpc) is 3.14. The number of anilines is 1. The van der Waals surface area contributed by atoms with E-state index in [1.807, 2.05) is 23.9 Å². The number of rotatable bonds is 6. The smallest absolute Gasteiger partial charge is 0.319 e. The Morgan fingerprint density at radius 3 is 2.75 bits per heavy atom. The van der Waals surface area contributed by atoms with Crippen LogP contribution in [0.5, 0.6) is 0 Å². The molecule has 2 N–H and O–H groups in total. The standard InChI is InChI=1S/C18H27N3O2S/c22-18(19-14-17-2-1-11-23-17)20-16-5-3-15(4-6-16)7-8-21-9-12-24-13-10-21/h3-6,17H,1-2,7-14H2,(H2,19,20,22)/t17-/m0/s1. The van der Waals surface area contributed by atoms with Crippen molar-refractivity contribution in [3.8, 4) is 0 Å². The van der Waals surface area contributed by atoms with Crippen molar-refractivity contribution < 1.29 is 9.53 Å². The third kappa shape index (κ3) is 5.69. The molecule has 1 aromatic rings. The largest absolute Gasteiger partial charge is 0.376 e. The first-order chi connectivity index (χ1) is 11.8. The van der Waals surface area contributed by atoms with Crippen LogP contribution in [0.25, 0.3) is 0 Å². The molecule has 0 unspecified atom stereocenters. The van der Waals surface area contributed by atoms with Gasteiger partial charge in [-0.05, 0) is 37.0 Å². The number of benzene rings is 1. The summed E-state index contributed by atoms with van der Waals surface area (Å²) in [6, 6.07) is 8.01. The molecule has 5 nitrogen and oxygen atoms in total. The minimum absolute atomic E-state index is 0.163. The van der Waals surface area contributed by atoms with Crippen molar-refractivity contribution in [2.24, 2.45) is 0 Å². The molecule has 6 heteroatoms. The van der Waals surface area contributed by atoms with E-state index in [4.69, 9.17) is 4.74 Å². The first-order valence-corrected chi connectivity index (χ1v) is 10.0. The summed E-state index contributed by atoms with van der Waals surface area (Å²) in [5.41, 5.74) is 2.15. The van der Waals surface area contributed by atoms with E-state index in [-0.39, 0.29) is 12.1 Å². The molecule has 0 bridgehead atoms. The molecule has 2 fully saturated rings. The highest BCUT2D eigenvalue weighted by molar-refractivity contribution is 7.99. The zero-order valence-electron chi connectivity index (χ0n) is 14.1. The highest BCUT2D eigenvalue weighted by Gasteiger charge is 2.16. The van der Waals surface area contributed by atoms with Gasteiger partial charge in [0, 0.05) is 50.0 Å². The minimum atomic E-state index is -0.163. The highest BCUT2D eigenvalue weighted by atomic mass is 32.2. The molecule has 0 aromatic heterocycles. The van der Waals surface area contributed by atoms with Gasteiger partial charge >= 0.3 is 6.03 Å². The van der Waals surface area contributed by atoms with E-state index in [1.165, 1.54) is 30.2 Å². The van der Waals surface area contributed by atoms with Gasteiger partial charge in [-0.1, -0.05) is 12.1 Å². The van der Waals surface area contributed by atoms with Crippen LogP contribution in [0.2, 0.25) is 0 Å². The summed E-state index contributed by atoms with van der Waals surface area (Å²) >= 11 is 2.04. The summed E-state index contributed by atoms with van der Waals surface area (Å²) in [5, 5.41) is 5.75. The van der Waals surface area contributed by atoms with Crippen molar-refractivity contribution in [3.05, 3.63) is 29.8 Å². The van der Waals surface area contributed by atoms with Gasteiger partial charge in [-0.25, -0.2) is 4.79 Å². The zero-order valence-corrected chi connectivity index (χ0v) is 14.9. The van der Waals surface area contributed by atoms with Gasteiger partial charge in [-0.3, -0.25) is 0 Å². The summed E-state index contributed by atoms with van der Waals surface area (Å²) in [7, 11) is 0. The summed E-state index contributed by atoms with van der Waals surface area (Å²) in [6.45, 7) is 4.92. The van der Waals surface area contributed by atoms with Gasteiger partial charge in [0.1, 0.15) is 0 Å². The average molecular weight is 350 g/mol. The fourth-order valence-corrected chi connectivity index (χ4v) is 4.03. The number of carbonyl (C=O) groups excluding carboxylic acids is 1. The number of hydrogen-bond donors (Lipinski definition) is 2. The maximum Gasteiger partial charge on any atom is 0.319 e. The number of hydrogen-bond acceptors (Lipinski definition) is 4. The van der Waals surface area contributed by atoms with Gasteiger partial charge in [0.05, 0.1) is 6.10 Å². The molecule has 1 aromatic carbocycles. The van der Waals surface area contributed by atoms with Crippen LogP contribution in [0.3, 0.4) is 0 Å². The summed E-state index contributed by atoms with van der Waals surface area (Å²) in [6.07, 6.45) is 3.36. The summed E-state index contributed by atoms with van der Waals surface area (Å²) in [4.78, 5) is 14.4. The molecule has 2 aliphatic heterocycles. The first kappa shape index (κ1) is 17.6. The van der Waals surface area contributed by atoms with Crippen LogP contribution < -0.4 is 10.6 Å². The van der Waals surface area contributed by atoms with Gasteiger partial charge in [-0.2, -0.15) is 11.8 Å². The van der Waals surface area contributed by atoms with Crippen LogP contribution >= 0.6 is 11.8 Å². The van der Waals surface area contributed by atoms with Crippen molar-refractivity contribution >= 4 is 23.5 Å². The Morgan fingerprint density at radius 2 is 2.04 bits per heavy atom. The van der Waals surface area contributed by atoms with E-state index < -0.39 is 0 Å². The van der Waals surface area contributed by atoms with Crippen molar-refractivity contribution in [1.29, 1.82) is 0 Å². The molecule has 0 aliphatic carbocycles. The lowest BCUT2D eigenvalue weighted by atomic mass is 10.1. The molecule has 3 rings (SSSR count). The van der Waals surface area contributed by atoms with E-state index in [2.05, 4.69) is 27.7 Å². The Balaban J connectivity index is 1.37. The van der Waals surface area contributed by atoms with E-state index >= 15 is 0 Å². The molecule has 0 spiro atoms. The number of nitrogens with zero attached hydrogens (tertiary/aromatic N) is 1. The molecule has 24 heavy (non-hydrogen) atoms. The van der Waals surface area contributed by atoms with Crippen LogP contribution in [-0.4, -0.2) is 61.3 Å². The fraction of sp³-hybridized carbons (Fsp3) is 0.611. The molecular weight excluding hydrogens is 322 g/mol. The van der Waals surface area contributed by atoms with Crippen LogP contribution in [-0.2, 0) is 11.2 Å². The maximum atomic E-state index is 11.9. The van der Waals surface area contributed by atoms with Crippen molar-refractivity contribution in [2.75, 3.05) is 49.6 Å². The van der Waals surface area contributed by atoms with Crippen LogP contribution in [0.4, 0.5) is 10.5 Å². The minimum Gasteiger partial charge on any atom is -0.376 e. The Morgan fingerprint density at radius 1 is 1.25 bits per heavy atom. The second-order valence-corrected chi connectivity index (χ2v) is 7.60.